The fourth-order valence-electron chi connectivity index (χ4n) is 1.57. The van der Waals surface area contributed by atoms with E-state index in [-0.39, 0.29) is 5.78 Å². The van der Waals surface area contributed by atoms with Gasteiger partial charge in [-0.15, -0.1) is 0 Å². The number of nitrogen functional groups attached to an aromatic ring is 1. The van der Waals surface area contributed by atoms with Crippen LogP contribution in [0.2, 0.25) is 0 Å². The molecule has 88 valence electrons. The van der Waals surface area contributed by atoms with Crippen molar-refractivity contribution in [3.05, 3.63) is 42.0 Å². The van der Waals surface area contributed by atoms with Crippen molar-refractivity contribution in [1.82, 2.24) is 9.55 Å². The Bertz CT molecular complexity index is 561. The van der Waals surface area contributed by atoms with Crippen LogP contribution in [0.5, 0.6) is 5.75 Å². The molecule has 0 atom stereocenters. The monoisotopic (exact) mass is 231 g/mol. The molecule has 0 saturated heterocycles. The van der Waals surface area contributed by atoms with Gasteiger partial charge in [-0.05, 0) is 18.2 Å². The standard InChI is InChI=1S/C12H13N3O2/c1-15-6-5-14-12(15)11(16)8-3-4-9(13)10(7-8)17-2/h3-7H,13H2,1-2H3. The number of anilines is 1. The first-order valence-electron chi connectivity index (χ1n) is 5.09. The average Bonchev–Trinajstić information content (AvgIpc) is 2.75. The predicted molar refractivity (Wildman–Crippen MR) is 64.0 cm³/mol. The molecule has 17 heavy (non-hydrogen) atoms. The van der Waals surface area contributed by atoms with Gasteiger partial charge in [0, 0.05) is 25.0 Å². The van der Waals surface area contributed by atoms with Crippen LogP contribution in [-0.4, -0.2) is 22.4 Å². The lowest BCUT2D eigenvalue weighted by Crippen LogP contribution is -2.09. The minimum absolute atomic E-state index is 0.157. The van der Waals surface area contributed by atoms with Crippen LogP contribution in [0.3, 0.4) is 0 Å². The number of aromatic nitrogens is 2. The molecular formula is C12H13N3O2. The molecule has 0 aliphatic rings. The Balaban J connectivity index is 2.41. The summed E-state index contributed by atoms with van der Waals surface area (Å²) in [7, 11) is 3.29. The van der Waals surface area contributed by atoms with Gasteiger partial charge in [0.2, 0.25) is 5.78 Å². The van der Waals surface area contributed by atoms with Crippen LogP contribution in [0, 0.1) is 0 Å². The molecule has 2 N–H and O–H groups in total. The number of hydrogen-bond acceptors (Lipinski definition) is 4. The topological polar surface area (TPSA) is 70.1 Å². The fourth-order valence-corrected chi connectivity index (χ4v) is 1.57. The molecule has 2 rings (SSSR count). The molecule has 0 aliphatic heterocycles. The van der Waals surface area contributed by atoms with E-state index in [0.29, 0.717) is 22.8 Å². The number of imidazole rings is 1. The lowest BCUT2D eigenvalue weighted by Gasteiger charge is -2.06. The molecule has 1 heterocycles. The molecule has 5 heteroatoms. The van der Waals surface area contributed by atoms with E-state index in [2.05, 4.69) is 4.98 Å². The number of rotatable bonds is 3. The van der Waals surface area contributed by atoms with Gasteiger partial charge in [-0.25, -0.2) is 4.98 Å². The van der Waals surface area contributed by atoms with E-state index in [9.17, 15) is 4.79 Å². The maximum Gasteiger partial charge on any atom is 0.228 e. The smallest absolute Gasteiger partial charge is 0.228 e. The van der Waals surface area contributed by atoms with Crippen molar-refractivity contribution in [1.29, 1.82) is 0 Å². The molecule has 0 unspecified atom stereocenters. The van der Waals surface area contributed by atoms with Crippen LogP contribution < -0.4 is 10.5 Å². The number of benzene rings is 1. The van der Waals surface area contributed by atoms with Gasteiger partial charge in [0.25, 0.3) is 0 Å². The number of hydrogen-bond donors (Lipinski definition) is 1. The Kier molecular flexibility index (Phi) is 2.82. The third kappa shape index (κ3) is 1.99. The summed E-state index contributed by atoms with van der Waals surface area (Å²) in [5, 5.41) is 0. The first kappa shape index (κ1) is 11.2. The molecule has 1 aromatic heterocycles. The molecular weight excluding hydrogens is 218 g/mol. The number of methoxy groups -OCH3 is 1. The quantitative estimate of drug-likeness (QED) is 0.637. The van der Waals surface area contributed by atoms with Gasteiger partial charge in [0.1, 0.15) is 5.75 Å². The Morgan fingerprint density at radius 3 is 2.82 bits per heavy atom. The van der Waals surface area contributed by atoms with Gasteiger partial charge in [0.05, 0.1) is 12.8 Å². The van der Waals surface area contributed by atoms with Gasteiger partial charge in [0.15, 0.2) is 5.82 Å². The molecule has 0 saturated carbocycles. The lowest BCUT2D eigenvalue weighted by molar-refractivity contribution is 0.102. The zero-order chi connectivity index (χ0) is 12.4. The van der Waals surface area contributed by atoms with Crippen molar-refractivity contribution in [2.75, 3.05) is 12.8 Å². The third-order valence-electron chi connectivity index (χ3n) is 2.52. The number of carbonyl (C=O) groups excluding carboxylic acids is 1. The Hall–Kier alpha value is -2.30. The van der Waals surface area contributed by atoms with Crippen LogP contribution in [0.15, 0.2) is 30.6 Å². The second-order valence-corrected chi connectivity index (χ2v) is 3.65. The maximum absolute atomic E-state index is 12.1. The highest BCUT2D eigenvalue weighted by molar-refractivity contribution is 6.07. The number of carbonyl (C=O) groups is 1. The zero-order valence-electron chi connectivity index (χ0n) is 9.68. The zero-order valence-corrected chi connectivity index (χ0v) is 9.68. The summed E-state index contributed by atoms with van der Waals surface area (Å²) in [5.41, 5.74) is 6.70. The molecule has 2 aromatic rings. The SMILES string of the molecule is COc1cc(C(=O)c2nccn2C)ccc1N. The number of aryl methyl sites for hydroxylation is 1. The van der Waals surface area contributed by atoms with Crippen molar-refractivity contribution >= 4 is 11.5 Å². The molecule has 0 bridgehead atoms. The molecule has 0 amide bonds. The summed E-state index contributed by atoms with van der Waals surface area (Å²) < 4.78 is 6.75. The van der Waals surface area contributed by atoms with Crippen LogP contribution in [0.25, 0.3) is 0 Å². The van der Waals surface area contributed by atoms with E-state index in [1.165, 1.54) is 7.11 Å². The highest BCUT2D eigenvalue weighted by atomic mass is 16.5. The van der Waals surface area contributed by atoms with E-state index in [4.69, 9.17) is 10.5 Å². The number of ketones is 1. The second-order valence-electron chi connectivity index (χ2n) is 3.65. The summed E-state index contributed by atoms with van der Waals surface area (Å²) >= 11 is 0. The molecule has 0 spiro atoms. The minimum Gasteiger partial charge on any atom is -0.495 e. The molecule has 5 nitrogen and oxygen atoms in total. The van der Waals surface area contributed by atoms with Crippen molar-refractivity contribution in [3.63, 3.8) is 0 Å². The van der Waals surface area contributed by atoms with Gasteiger partial charge in [-0.3, -0.25) is 4.79 Å². The van der Waals surface area contributed by atoms with E-state index in [0.717, 1.165) is 0 Å². The summed E-state index contributed by atoms with van der Waals surface area (Å²) in [6.07, 6.45) is 3.31. The number of nitrogens with zero attached hydrogens (tertiary/aromatic N) is 2. The van der Waals surface area contributed by atoms with Gasteiger partial charge < -0.3 is 15.0 Å². The Morgan fingerprint density at radius 1 is 1.47 bits per heavy atom. The summed E-state index contributed by atoms with van der Waals surface area (Å²) in [6.45, 7) is 0. The average molecular weight is 231 g/mol. The molecule has 0 fully saturated rings. The fraction of sp³-hybridized carbons (Fsp3) is 0.167. The first-order valence-corrected chi connectivity index (χ1v) is 5.09. The van der Waals surface area contributed by atoms with Gasteiger partial charge >= 0.3 is 0 Å². The minimum atomic E-state index is -0.157. The van der Waals surface area contributed by atoms with E-state index < -0.39 is 0 Å². The Morgan fingerprint density at radius 2 is 2.24 bits per heavy atom. The Labute approximate surface area is 98.8 Å². The summed E-state index contributed by atoms with van der Waals surface area (Å²) in [4.78, 5) is 16.1. The number of nitrogens with two attached hydrogens (primary N) is 1. The second kappa shape index (κ2) is 4.29. The largest absolute Gasteiger partial charge is 0.495 e. The van der Waals surface area contributed by atoms with Crippen LogP contribution >= 0.6 is 0 Å². The summed E-state index contributed by atoms with van der Waals surface area (Å²) in [5.74, 6) is 0.720. The maximum atomic E-state index is 12.1. The lowest BCUT2D eigenvalue weighted by atomic mass is 10.1. The van der Waals surface area contributed by atoms with Crippen LogP contribution in [-0.2, 0) is 7.05 Å². The first-order chi connectivity index (χ1) is 8.13. The van der Waals surface area contributed by atoms with E-state index >= 15 is 0 Å². The van der Waals surface area contributed by atoms with Crippen molar-refractivity contribution in [2.45, 2.75) is 0 Å². The van der Waals surface area contributed by atoms with E-state index in [1.807, 2.05) is 0 Å². The highest BCUT2D eigenvalue weighted by Crippen LogP contribution is 2.23. The normalized spacial score (nSPS) is 10.2. The van der Waals surface area contributed by atoms with Crippen molar-refractivity contribution in [3.8, 4) is 5.75 Å². The van der Waals surface area contributed by atoms with Crippen LogP contribution in [0.1, 0.15) is 16.2 Å². The molecule has 0 aliphatic carbocycles. The molecule has 1 aromatic carbocycles. The van der Waals surface area contributed by atoms with Crippen molar-refractivity contribution < 1.29 is 9.53 Å². The predicted octanol–water partition coefficient (Wildman–Crippen LogP) is 1.24. The third-order valence-corrected chi connectivity index (χ3v) is 2.52. The van der Waals surface area contributed by atoms with Crippen LogP contribution in [0.4, 0.5) is 5.69 Å². The highest BCUT2D eigenvalue weighted by Gasteiger charge is 2.15. The van der Waals surface area contributed by atoms with Gasteiger partial charge in [-0.1, -0.05) is 0 Å². The van der Waals surface area contributed by atoms with Crippen molar-refractivity contribution in [2.24, 2.45) is 7.05 Å². The number of ether oxygens (including phenoxy) is 1. The van der Waals surface area contributed by atoms with Gasteiger partial charge in [-0.2, -0.15) is 0 Å². The molecule has 0 radical (unpaired) electrons. The van der Waals surface area contributed by atoms with E-state index in [1.54, 1.807) is 42.2 Å². The summed E-state index contributed by atoms with van der Waals surface area (Å²) in [6, 6.07) is 4.93.